The summed E-state index contributed by atoms with van der Waals surface area (Å²) >= 11 is 0. The summed E-state index contributed by atoms with van der Waals surface area (Å²) in [4.78, 5) is 11.2. The number of methoxy groups -OCH3 is 1. The SMILES string of the molecule is CC/C=C\CC1=CCC[C@@H]1CC(=O)OC. The van der Waals surface area contributed by atoms with Gasteiger partial charge in [0.05, 0.1) is 13.5 Å². The number of allylic oxidation sites excluding steroid dienone is 4. The molecular weight excluding hydrogens is 188 g/mol. The van der Waals surface area contributed by atoms with E-state index < -0.39 is 0 Å². The van der Waals surface area contributed by atoms with Gasteiger partial charge >= 0.3 is 5.97 Å². The van der Waals surface area contributed by atoms with E-state index >= 15 is 0 Å². The van der Waals surface area contributed by atoms with Crippen molar-refractivity contribution in [3.05, 3.63) is 23.8 Å². The van der Waals surface area contributed by atoms with Crippen molar-refractivity contribution in [2.75, 3.05) is 7.11 Å². The second kappa shape index (κ2) is 6.44. The second-order valence-electron chi connectivity index (χ2n) is 3.92. The van der Waals surface area contributed by atoms with Gasteiger partial charge in [0, 0.05) is 0 Å². The van der Waals surface area contributed by atoms with E-state index in [2.05, 4.69) is 25.2 Å². The smallest absolute Gasteiger partial charge is 0.306 e. The fourth-order valence-electron chi connectivity index (χ4n) is 1.98. The number of carbonyl (C=O) groups excluding carboxylic acids is 1. The van der Waals surface area contributed by atoms with E-state index in [-0.39, 0.29) is 5.97 Å². The van der Waals surface area contributed by atoms with Crippen molar-refractivity contribution in [2.45, 2.75) is 39.0 Å². The molecule has 1 aliphatic carbocycles. The predicted molar refractivity (Wildman–Crippen MR) is 61.5 cm³/mol. The molecule has 15 heavy (non-hydrogen) atoms. The molecule has 0 heterocycles. The second-order valence-corrected chi connectivity index (χ2v) is 3.92. The molecule has 0 radical (unpaired) electrons. The minimum atomic E-state index is -0.0905. The highest BCUT2D eigenvalue weighted by molar-refractivity contribution is 5.70. The van der Waals surface area contributed by atoms with Gasteiger partial charge in [-0.1, -0.05) is 30.7 Å². The Morgan fingerprint density at radius 1 is 1.60 bits per heavy atom. The van der Waals surface area contributed by atoms with E-state index in [1.165, 1.54) is 12.7 Å². The minimum Gasteiger partial charge on any atom is -0.469 e. The molecule has 84 valence electrons. The van der Waals surface area contributed by atoms with Crippen molar-refractivity contribution >= 4 is 5.97 Å². The van der Waals surface area contributed by atoms with Crippen molar-refractivity contribution in [2.24, 2.45) is 5.92 Å². The van der Waals surface area contributed by atoms with Crippen LogP contribution in [0.1, 0.15) is 39.0 Å². The van der Waals surface area contributed by atoms with Gasteiger partial charge in [-0.25, -0.2) is 0 Å². The summed E-state index contributed by atoms with van der Waals surface area (Å²) in [5, 5.41) is 0. The van der Waals surface area contributed by atoms with Crippen LogP contribution < -0.4 is 0 Å². The molecule has 0 amide bonds. The number of hydrogen-bond acceptors (Lipinski definition) is 2. The Morgan fingerprint density at radius 2 is 2.40 bits per heavy atom. The fraction of sp³-hybridized carbons (Fsp3) is 0.615. The monoisotopic (exact) mass is 208 g/mol. The Labute approximate surface area is 92.0 Å². The van der Waals surface area contributed by atoms with Crippen LogP contribution in [-0.4, -0.2) is 13.1 Å². The van der Waals surface area contributed by atoms with Crippen molar-refractivity contribution in [3.8, 4) is 0 Å². The molecule has 0 aromatic heterocycles. The van der Waals surface area contributed by atoms with Gasteiger partial charge in [-0.15, -0.1) is 0 Å². The summed E-state index contributed by atoms with van der Waals surface area (Å²) in [5.41, 5.74) is 1.41. The van der Waals surface area contributed by atoms with Gasteiger partial charge in [0.15, 0.2) is 0 Å². The lowest BCUT2D eigenvalue weighted by Crippen LogP contribution is -2.09. The molecular formula is C13H20O2. The van der Waals surface area contributed by atoms with Crippen molar-refractivity contribution < 1.29 is 9.53 Å². The zero-order valence-electron chi connectivity index (χ0n) is 9.66. The van der Waals surface area contributed by atoms with Gasteiger partial charge < -0.3 is 4.74 Å². The molecule has 1 aliphatic rings. The van der Waals surface area contributed by atoms with Crippen LogP contribution in [0.15, 0.2) is 23.8 Å². The first kappa shape index (κ1) is 12.0. The van der Waals surface area contributed by atoms with Crippen LogP contribution in [0.4, 0.5) is 0 Å². The molecule has 0 unspecified atom stereocenters. The molecule has 0 aliphatic heterocycles. The lowest BCUT2D eigenvalue weighted by molar-refractivity contribution is -0.141. The van der Waals surface area contributed by atoms with Crippen LogP contribution >= 0.6 is 0 Å². The molecule has 0 fully saturated rings. The summed E-state index contributed by atoms with van der Waals surface area (Å²) in [6.07, 6.45) is 11.5. The van der Waals surface area contributed by atoms with Crippen LogP contribution in [0, 0.1) is 5.92 Å². The molecule has 1 atom stereocenters. The summed E-state index contributed by atoms with van der Waals surface area (Å²) < 4.78 is 4.70. The highest BCUT2D eigenvalue weighted by Crippen LogP contribution is 2.31. The average molecular weight is 208 g/mol. The Bertz CT molecular complexity index is 264. The largest absolute Gasteiger partial charge is 0.469 e. The molecule has 0 aromatic carbocycles. The Hall–Kier alpha value is -1.05. The molecule has 0 saturated carbocycles. The molecule has 2 nitrogen and oxygen atoms in total. The van der Waals surface area contributed by atoms with E-state index in [1.807, 2.05) is 0 Å². The summed E-state index contributed by atoms with van der Waals surface area (Å²) in [5.74, 6) is 0.325. The first-order valence-electron chi connectivity index (χ1n) is 5.68. The minimum absolute atomic E-state index is 0.0905. The highest BCUT2D eigenvalue weighted by Gasteiger charge is 2.21. The number of carbonyl (C=O) groups is 1. The van der Waals surface area contributed by atoms with E-state index in [9.17, 15) is 4.79 Å². The molecule has 0 aromatic rings. The first-order chi connectivity index (χ1) is 7.27. The normalized spacial score (nSPS) is 20.7. The molecule has 0 N–H and O–H groups in total. The predicted octanol–water partition coefficient (Wildman–Crippen LogP) is 3.24. The topological polar surface area (TPSA) is 26.3 Å². The molecule has 1 rings (SSSR count). The average Bonchev–Trinajstić information content (AvgIpc) is 2.66. The molecule has 2 heteroatoms. The third kappa shape index (κ3) is 3.90. The Morgan fingerprint density at radius 3 is 3.07 bits per heavy atom. The lowest BCUT2D eigenvalue weighted by atomic mass is 9.95. The summed E-state index contributed by atoms with van der Waals surface area (Å²) in [6.45, 7) is 2.13. The number of ether oxygens (including phenoxy) is 1. The summed E-state index contributed by atoms with van der Waals surface area (Å²) in [6, 6.07) is 0. The van der Waals surface area contributed by atoms with E-state index in [4.69, 9.17) is 4.74 Å². The third-order valence-electron chi connectivity index (χ3n) is 2.84. The van der Waals surface area contributed by atoms with Crippen LogP contribution in [0.3, 0.4) is 0 Å². The van der Waals surface area contributed by atoms with Crippen LogP contribution in [0.5, 0.6) is 0 Å². The molecule has 0 spiro atoms. The first-order valence-corrected chi connectivity index (χ1v) is 5.68. The van der Waals surface area contributed by atoms with Crippen LogP contribution in [0.25, 0.3) is 0 Å². The van der Waals surface area contributed by atoms with Gasteiger partial charge in [-0.05, 0) is 31.6 Å². The molecule has 0 saturated heterocycles. The van der Waals surface area contributed by atoms with E-state index in [0.29, 0.717) is 12.3 Å². The standard InChI is InChI=1S/C13H20O2/c1-3-4-5-7-11-8-6-9-12(11)10-13(14)15-2/h4-5,8,12H,3,6-7,9-10H2,1-2H3/b5-4-/t12-/m1/s1. The fourth-order valence-corrected chi connectivity index (χ4v) is 1.98. The Kier molecular flexibility index (Phi) is 5.16. The van der Waals surface area contributed by atoms with Gasteiger partial charge in [0.1, 0.15) is 0 Å². The van der Waals surface area contributed by atoms with Crippen molar-refractivity contribution in [3.63, 3.8) is 0 Å². The number of rotatable bonds is 5. The van der Waals surface area contributed by atoms with Gasteiger partial charge in [-0.3, -0.25) is 4.79 Å². The van der Waals surface area contributed by atoms with Gasteiger partial charge in [0.2, 0.25) is 0 Å². The third-order valence-corrected chi connectivity index (χ3v) is 2.84. The summed E-state index contributed by atoms with van der Waals surface area (Å²) in [7, 11) is 1.46. The zero-order valence-corrected chi connectivity index (χ0v) is 9.66. The van der Waals surface area contributed by atoms with Crippen LogP contribution in [-0.2, 0) is 9.53 Å². The number of hydrogen-bond donors (Lipinski definition) is 0. The van der Waals surface area contributed by atoms with Crippen molar-refractivity contribution in [1.82, 2.24) is 0 Å². The quantitative estimate of drug-likeness (QED) is 0.512. The number of esters is 1. The van der Waals surface area contributed by atoms with Crippen LogP contribution in [0.2, 0.25) is 0 Å². The highest BCUT2D eigenvalue weighted by atomic mass is 16.5. The maximum atomic E-state index is 11.2. The lowest BCUT2D eigenvalue weighted by Gasteiger charge is -2.11. The van der Waals surface area contributed by atoms with Gasteiger partial charge in [0.25, 0.3) is 0 Å². The Balaban J connectivity index is 2.42. The zero-order chi connectivity index (χ0) is 11.1. The molecule has 0 bridgehead atoms. The maximum absolute atomic E-state index is 11.2. The van der Waals surface area contributed by atoms with E-state index in [0.717, 1.165) is 25.7 Å². The van der Waals surface area contributed by atoms with E-state index in [1.54, 1.807) is 0 Å². The van der Waals surface area contributed by atoms with Gasteiger partial charge in [-0.2, -0.15) is 0 Å². The maximum Gasteiger partial charge on any atom is 0.306 e. The van der Waals surface area contributed by atoms with Crippen molar-refractivity contribution in [1.29, 1.82) is 0 Å².